The SMILES string of the molecule is CC(C)(C)OC(=O)N1CC(c2ccc(Oc3cnc(C(F)(F)F)cn3)cc2)C1. The van der Waals surface area contributed by atoms with Crippen LogP contribution >= 0.6 is 0 Å². The first-order chi connectivity index (χ1) is 13.0. The molecule has 2 aromatic rings. The molecular weight excluding hydrogens is 375 g/mol. The number of nitrogens with zero attached hydrogens (tertiary/aromatic N) is 3. The largest absolute Gasteiger partial charge is 0.444 e. The van der Waals surface area contributed by atoms with E-state index < -0.39 is 17.5 Å². The fraction of sp³-hybridized carbons (Fsp3) is 0.421. The lowest BCUT2D eigenvalue weighted by Gasteiger charge is -2.40. The first kappa shape index (κ1) is 19.9. The summed E-state index contributed by atoms with van der Waals surface area (Å²) in [6.45, 7) is 6.60. The summed E-state index contributed by atoms with van der Waals surface area (Å²) in [7, 11) is 0. The molecule has 0 spiro atoms. The van der Waals surface area contributed by atoms with E-state index in [1.165, 1.54) is 0 Å². The van der Waals surface area contributed by atoms with Gasteiger partial charge in [-0.25, -0.2) is 14.8 Å². The van der Waals surface area contributed by atoms with Crippen molar-refractivity contribution in [1.82, 2.24) is 14.9 Å². The Hall–Kier alpha value is -2.84. The maximum Gasteiger partial charge on any atom is 0.434 e. The highest BCUT2D eigenvalue weighted by molar-refractivity contribution is 5.69. The molecule has 1 fully saturated rings. The van der Waals surface area contributed by atoms with Gasteiger partial charge < -0.3 is 14.4 Å². The Labute approximate surface area is 160 Å². The number of carbonyl (C=O) groups is 1. The Kier molecular flexibility index (Phi) is 5.18. The lowest BCUT2D eigenvalue weighted by Crippen LogP contribution is -2.50. The van der Waals surface area contributed by atoms with Crippen molar-refractivity contribution in [2.75, 3.05) is 13.1 Å². The molecule has 1 aliphatic rings. The predicted molar refractivity (Wildman–Crippen MR) is 94.1 cm³/mol. The smallest absolute Gasteiger partial charge is 0.434 e. The number of ether oxygens (including phenoxy) is 2. The molecule has 0 atom stereocenters. The molecule has 0 saturated carbocycles. The van der Waals surface area contributed by atoms with Crippen LogP contribution < -0.4 is 4.74 Å². The number of alkyl halides is 3. The minimum absolute atomic E-state index is 0.0273. The molecule has 0 radical (unpaired) electrons. The van der Waals surface area contributed by atoms with E-state index in [1.54, 1.807) is 17.0 Å². The molecule has 2 heterocycles. The van der Waals surface area contributed by atoms with Gasteiger partial charge in [-0.3, -0.25) is 0 Å². The fourth-order valence-corrected chi connectivity index (χ4v) is 2.61. The van der Waals surface area contributed by atoms with Crippen LogP contribution in [0, 0.1) is 0 Å². The molecule has 0 aliphatic carbocycles. The number of hydrogen-bond acceptors (Lipinski definition) is 5. The van der Waals surface area contributed by atoms with Crippen LogP contribution in [-0.2, 0) is 10.9 Å². The topological polar surface area (TPSA) is 64.5 Å². The van der Waals surface area contributed by atoms with Gasteiger partial charge >= 0.3 is 12.3 Å². The van der Waals surface area contributed by atoms with E-state index in [2.05, 4.69) is 9.97 Å². The number of rotatable bonds is 3. The van der Waals surface area contributed by atoms with E-state index in [1.807, 2.05) is 32.9 Å². The minimum atomic E-state index is -4.54. The average Bonchev–Trinajstić information content (AvgIpc) is 2.53. The molecule has 150 valence electrons. The van der Waals surface area contributed by atoms with Gasteiger partial charge in [0.1, 0.15) is 11.4 Å². The molecule has 0 unspecified atom stereocenters. The average molecular weight is 395 g/mol. The van der Waals surface area contributed by atoms with Crippen LogP contribution in [0.1, 0.15) is 37.9 Å². The van der Waals surface area contributed by atoms with Crippen molar-refractivity contribution in [3.05, 3.63) is 47.9 Å². The standard InChI is InChI=1S/C19H20F3N3O3/c1-18(2,3)28-17(26)25-10-13(11-25)12-4-6-14(7-5-12)27-16-9-23-15(8-24-16)19(20,21)22/h4-9,13H,10-11H2,1-3H3. The third-order valence-corrected chi connectivity index (χ3v) is 4.03. The number of carbonyl (C=O) groups excluding carboxylic acids is 1. The van der Waals surface area contributed by atoms with E-state index in [9.17, 15) is 18.0 Å². The summed E-state index contributed by atoms with van der Waals surface area (Å²) in [5, 5.41) is 0. The maximum atomic E-state index is 12.5. The van der Waals surface area contributed by atoms with Crippen molar-refractivity contribution in [3.63, 3.8) is 0 Å². The molecule has 28 heavy (non-hydrogen) atoms. The number of halogens is 3. The van der Waals surface area contributed by atoms with Gasteiger partial charge in [-0.2, -0.15) is 13.2 Å². The van der Waals surface area contributed by atoms with Gasteiger partial charge in [-0.1, -0.05) is 12.1 Å². The Bertz CT molecular complexity index is 825. The summed E-state index contributed by atoms with van der Waals surface area (Å²) in [5.41, 5.74) is -0.567. The van der Waals surface area contributed by atoms with Crippen LogP contribution in [-0.4, -0.2) is 39.7 Å². The van der Waals surface area contributed by atoms with Crippen molar-refractivity contribution in [1.29, 1.82) is 0 Å². The zero-order valence-electron chi connectivity index (χ0n) is 15.7. The van der Waals surface area contributed by atoms with Crippen LogP contribution in [0.4, 0.5) is 18.0 Å². The molecule has 9 heteroatoms. The lowest BCUT2D eigenvalue weighted by molar-refractivity contribution is -0.141. The number of amides is 1. The molecule has 0 N–H and O–H groups in total. The van der Waals surface area contributed by atoms with Crippen molar-refractivity contribution < 1.29 is 27.4 Å². The zero-order valence-corrected chi connectivity index (χ0v) is 15.7. The van der Waals surface area contributed by atoms with E-state index in [-0.39, 0.29) is 17.9 Å². The van der Waals surface area contributed by atoms with Crippen LogP contribution in [0.25, 0.3) is 0 Å². The predicted octanol–water partition coefficient (Wildman–Crippen LogP) is 4.62. The summed E-state index contributed by atoms with van der Waals surface area (Å²) in [5.74, 6) is 0.606. The monoisotopic (exact) mass is 395 g/mol. The highest BCUT2D eigenvalue weighted by Crippen LogP contribution is 2.31. The summed E-state index contributed by atoms with van der Waals surface area (Å²) in [4.78, 5) is 20.5. The van der Waals surface area contributed by atoms with Gasteiger partial charge in [0.05, 0.1) is 12.4 Å². The van der Waals surface area contributed by atoms with Gasteiger partial charge in [0.15, 0.2) is 5.69 Å². The normalized spacial score (nSPS) is 15.1. The quantitative estimate of drug-likeness (QED) is 0.759. The minimum Gasteiger partial charge on any atom is -0.444 e. The molecule has 6 nitrogen and oxygen atoms in total. The third-order valence-electron chi connectivity index (χ3n) is 4.03. The van der Waals surface area contributed by atoms with Gasteiger partial charge in [0, 0.05) is 19.0 Å². The van der Waals surface area contributed by atoms with E-state index in [0.717, 1.165) is 11.8 Å². The summed E-state index contributed by atoms with van der Waals surface area (Å²) in [6.07, 6.45) is -3.31. The molecule has 1 aliphatic heterocycles. The van der Waals surface area contributed by atoms with Crippen LogP contribution in [0.15, 0.2) is 36.7 Å². The van der Waals surface area contributed by atoms with Gasteiger partial charge in [0.2, 0.25) is 5.88 Å². The molecular formula is C19H20F3N3O3. The Morgan fingerprint density at radius 1 is 1.07 bits per heavy atom. The summed E-state index contributed by atoms with van der Waals surface area (Å²) in [6, 6.07) is 7.10. The first-order valence-electron chi connectivity index (χ1n) is 8.66. The number of aromatic nitrogens is 2. The Morgan fingerprint density at radius 2 is 1.71 bits per heavy atom. The molecule has 1 saturated heterocycles. The highest BCUT2D eigenvalue weighted by atomic mass is 19.4. The highest BCUT2D eigenvalue weighted by Gasteiger charge is 2.34. The Balaban J connectivity index is 1.54. The van der Waals surface area contributed by atoms with Crippen molar-refractivity contribution >= 4 is 6.09 Å². The van der Waals surface area contributed by atoms with Gasteiger partial charge in [-0.15, -0.1) is 0 Å². The second-order valence-electron chi connectivity index (χ2n) is 7.49. The zero-order chi connectivity index (χ0) is 20.5. The van der Waals surface area contributed by atoms with Gasteiger partial charge in [-0.05, 0) is 38.5 Å². The number of benzene rings is 1. The maximum absolute atomic E-state index is 12.5. The molecule has 1 amide bonds. The Morgan fingerprint density at radius 3 is 2.21 bits per heavy atom. The van der Waals surface area contributed by atoms with E-state index in [4.69, 9.17) is 9.47 Å². The lowest BCUT2D eigenvalue weighted by atomic mass is 9.92. The molecule has 0 bridgehead atoms. The van der Waals surface area contributed by atoms with E-state index in [0.29, 0.717) is 25.0 Å². The molecule has 3 rings (SSSR count). The number of hydrogen-bond donors (Lipinski definition) is 0. The van der Waals surface area contributed by atoms with Crippen LogP contribution in [0.2, 0.25) is 0 Å². The fourth-order valence-electron chi connectivity index (χ4n) is 2.61. The van der Waals surface area contributed by atoms with E-state index >= 15 is 0 Å². The first-order valence-corrected chi connectivity index (χ1v) is 8.66. The third kappa shape index (κ3) is 4.90. The van der Waals surface area contributed by atoms with Crippen molar-refractivity contribution in [3.8, 4) is 11.6 Å². The summed E-state index contributed by atoms with van der Waals surface area (Å²) >= 11 is 0. The van der Waals surface area contributed by atoms with Crippen LogP contribution in [0.5, 0.6) is 11.6 Å². The molecule has 1 aromatic carbocycles. The van der Waals surface area contributed by atoms with Crippen molar-refractivity contribution in [2.24, 2.45) is 0 Å². The molecule has 1 aromatic heterocycles. The second-order valence-corrected chi connectivity index (χ2v) is 7.49. The summed E-state index contributed by atoms with van der Waals surface area (Å²) < 4.78 is 48.2. The second kappa shape index (κ2) is 7.29. The van der Waals surface area contributed by atoms with Crippen molar-refractivity contribution in [2.45, 2.75) is 38.5 Å². The number of likely N-dealkylation sites (tertiary alicyclic amines) is 1. The van der Waals surface area contributed by atoms with Gasteiger partial charge in [0.25, 0.3) is 0 Å². The van der Waals surface area contributed by atoms with Crippen LogP contribution in [0.3, 0.4) is 0 Å².